The third-order valence-corrected chi connectivity index (χ3v) is 7.12. The lowest BCUT2D eigenvalue weighted by molar-refractivity contribution is -0.124. The number of hydrogen-bond donors (Lipinski definition) is 3. The van der Waals surface area contributed by atoms with Crippen molar-refractivity contribution in [1.29, 1.82) is 0 Å². The van der Waals surface area contributed by atoms with E-state index in [1.807, 2.05) is 24.3 Å². The monoisotopic (exact) mass is 488 g/mol. The summed E-state index contributed by atoms with van der Waals surface area (Å²) in [4.78, 5) is 38.1. The Bertz CT molecular complexity index is 1460. The van der Waals surface area contributed by atoms with Crippen LogP contribution in [0.4, 0.5) is 5.82 Å². The maximum absolute atomic E-state index is 13.3. The predicted molar refractivity (Wildman–Crippen MR) is 135 cm³/mol. The van der Waals surface area contributed by atoms with Crippen LogP contribution in [0.3, 0.4) is 0 Å². The minimum atomic E-state index is -0.622. The normalized spacial score (nSPS) is 16.9. The van der Waals surface area contributed by atoms with Crippen LogP contribution in [0, 0.1) is 0 Å². The van der Waals surface area contributed by atoms with Gasteiger partial charge in [0.2, 0.25) is 5.91 Å². The van der Waals surface area contributed by atoms with E-state index in [1.54, 1.807) is 12.4 Å². The summed E-state index contributed by atoms with van der Waals surface area (Å²) in [6.07, 6.45) is 7.00. The molecule has 2 aliphatic rings. The zero-order chi connectivity index (χ0) is 23.9. The molecule has 3 N–H and O–H groups in total. The van der Waals surface area contributed by atoms with Crippen molar-refractivity contribution in [3.63, 3.8) is 0 Å². The van der Waals surface area contributed by atoms with E-state index in [-0.39, 0.29) is 22.4 Å². The van der Waals surface area contributed by atoms with Crippen LogP contribution in [-0.2, 0) is 24.3 Å². The number of rotatable bonds is 7. The summed E-state index contributed by atoms with van der Waals surface area (Å²) >= 11 is 6.44. The molecule has 1 aromatic carbocycles. The Morgan fingerprint density at radius 1 is 1.17 bits per heavy atom. The van der Waals surface area contributed by atoms with Crippen LogP contribution in [0.15, 0.2) is 53.6 Å². The number of benzene rings is 1. The van der Waals surface area contributed by atoms with Crippen LogP contribution in [0.2, 0.25) is 5.15 Å². The van der Waals surface area contributed by atoms with Crippen LogP contribution in [0.5, 0.6) is 0 Å². The van der Waals surface area contributed by atoms with E-state index in [0.29, 0.717) is 37.5 Å². The van der Waals surface area contributed by atoms with Gasteiger partial charge >= 0.3 is 0 Å². The van der Waals surface area contributed by atoms with E-state index >= 15 is 0 Å². The molecular formula is C26H25ClN6O2. The van der Waals surface area contributed by atoms with Gasteiger partial charge in [0.1, 0.15) is 6.04 Å². The van der Waals surface area contributed by atoms with Crippen molar-refractivity contribution in [3.05, 3.63) is 86.8 Å². The van der Waals surface area contributed by atoms with Crippen molar-refractivity contribution >= 4 is 34.2 Å². The third kappa shape index (κ3) is 4.30. The molecule has 35 heavy (non-hydrogen) atoms. The van der Waals surface area contributed by atoms with Gasteiger partial charge in [-0.05, 0) is 54.9 Å². The van der Waals surface area contributed by atoms with Gasteiger partial charge in [-0.1, -0.05) is 35.9 Å². The number of carbonyl (C=O) groups excluding carboxylic acids is 1. The van der Waals surface area contributed by atoms with E-state index in [4.69, 9.17) is 11.6 Å². The molecule has 1 atom stereocenters. The number of amides is 1. The van der Waals surface area contributed by atoms with Crippen LogP contribution in [0.25, 0.3) is 10.9 Å². The fourth-order valence-corrected chi connectivity index (χ4v) is 5.12. The first-order valence-corrected chi connectivity index (χ1v) is 12.3. The topological polar surface area (TPSA) is 105 Å². The fourth-order valence-electron chi connectivity index (χ4n) is 4.85. The molecule has 1 saturated carbocycles. The van der Waals surface area contributed by atoms with Gasteiger partial charge < -0.3 is 15.6 Å². The lowest BCUT2D eigenvalue weighted by atomic mass is 10.1. The standard InChI is InChI=1S/C26H25ClN6O2/c27-23-21-6-7-22(25(34)30-14-19-11-18-13-28-9-8-20(18)31-19)33(21)26(35)24(32-23)29-12-15-2-1-3-17(10-15)16-4-5-16/h1-3,8-11,13,16,22,31H,4-7,12,14H2,(H,29,32)(H,30,34). The van der Waals surface area contributed by atoms with E-state index in [2.05, 4.69) is 37.7 Å². The number of fused-ring (bicyclic) bond motifs is 2. The quantitative estimate of drug-likeness (QED) is 0.364. The maximum atomic E-state index is 13.3. The highest BCUT2D eigenvalue weighted by Crippen LogP contribution is 2.40. The Labute approximate surface area is 206 Å². The number of nitrogens with one attached hydrogen (secondary N) is 3. The van der Waals surface area contributed by atoms with Gasteiger partial charge in [-0.2, -0.15) is 0 Å². The molecule has 1 amide bonds. The predicted octanol–water partition coefficient (Wildman–Crippen LogP) is 4.07. The highest BCUT2D eigenvalue weighted by atomic mass is 35.5. The average Bonchev–Trinajstić information content (AvgIpc) is 3.48. The Morgan fingerprint density at radius 2 is 2.06 bits per heavy atom. The lowest BCUT2D eigenvalue weighted by Gasteiger charge is -2.16. The number of nitrogens with zero attached hydrogens (tertiary/aromatic N) is 3. The maximum Gasteiger partial charge on any atom is 0.294 e. The number of anilines is 1. The first-order chi connectivity index (χ1) is 17.1. The highest BCUT2D eigenvalue weighted by molar-refractivity contribution is 6.30. The molecule has 0 bridgehead atoms. The van der Waals surface area contributed by atoms with Crippen LogP contribution < -0.4 is 16.2 Å². The summed E-state index contributed by atoms with van der Waals surface area (Å²) in [5.41, 5.74) is 4.54. The summed E-state index contributed by atoms with van der Waals surface area (Å²) in [6, 6.07) is 11.6. The molecular weight excluding hydrogens is 464 g/mol. The second-order valence-corrected chi connectivity index (χ2v) is 9.63. The Kier molecular flexibility index (Phi) is 5.53. The molecule has 8 nitrogen and oxygen atoms in total. The molecule has 0 spiro atoms. The van der Waals surface area contributed by atoms with Gasteiger partial charge in [-0.15, -0.1) is 0 Å². The first kappa shape index (κ1) is 21.9. The Balaban J connectivity index is 1.18. The van der Waals surface area contributed by atoms with Crippen molar-refractivity contribution in [2.45, 2.75) is 50.7 Å². The van der Waals surface area contributed by atoms with Crippen molar-refractivity contribution in [1.82, 2.24) is 24.8 Å². The summed E-state index contributed by atoms with van der Waals surface area (Å²) in [5, 5.41) is 7.35. The van der Waals surface area contributed by atoms with E-state index < -0.39 is 6.04 Å². The number of aromatic amines is 1. The van der Waals surface area contributed by atoms with E-state index in [1.165, 1.54) is 23.0 Å². The molecule has 1 fully saturated rings. The summed E-state index contributed by atoms with van der Waals surface area (Å²) in [7, 11) is 0. The van der Waals surface area contributed by atoms with Crippen molar-refractivity contribution in [3.8, 4) is 0 Å². The molecule has 1 aliphatic heterocycles. The number of hydrogen-bond acceptors (Lipinski definition) is 5. The van der Waals surface area contributed by atoms with Gasteiger partial charge in [0.05, 0.1) is 12.2 Å². The van der Waals surface area contributed by atoms with Gasteiger partial charge in [0.15, 0.2) is 11.0 Å². The fraction of sp³-hybridized carbons (Fsp3) is 0.308. The third-order valence-electron chi connectivity index (χ3n) is 6.82. The van der Waals surface area contributed by atoms with E-state index in [0.717, 1.165) is 22.2 Å². The average molecular weight is 489 g/mol. The SMILES string of the molecule is O=C(NCc1cc2cnccc2[nH]1)C1CCc2c(Cl)nc(NCc3cccc(C4CC4)c3)c(=O)n21. The molecule has 6 rings (SSSR count). The first-order valence-electron chi connectivity index (χ1n) is 11.9. The molecule has 0 radical (unpaired) electrons. The van der Waals surface area contributed by atoms with E-state index in [9.17, 15) is 9.59 Å². The molecule has 4 heterocycles. The molecule has 0 saturated heterocycles. The molecule has 1 aliphatic carbocycles. The van der Waals surface area contributed by atoms with Crippen molar-refractivity contribution < 1.29 is 4.79 Å². The number of pyridine rings is 1. The summed E-state index contributed by atoms with van der Waals surface area (Å²) in [5.74, 6) is 0.611. The minimum absolute atomic E-state index is 0.165. The van der Waals surface area contributed by atoms with Crippen LogP contribution in [0.1, 0.15) is 53.7 Å². The van der Waals surface area contributed by atoms with Crippen LogP contribution >= 0.6 is 11.6 Å². The largest absolute Gasteiger partial charge is 0.361 e. The number of carbonyl (C=O) groups is 1. The van der Waals surface area contributed by atoms with Gasteiger partial charge in [-0.25, -0.2) is 4.98 Å². The molecule has 178 valence electrons. The zero-order valence-electron chi connectivity index (χ0n) is 19.1. The van der Waals surface area contributed by atoms with Crippen LogP contribution in [-0.4, -0.2) is 25.4 Å². The summed E-state index contributed by atoms with van der Waals surface area (Å²) in [6.45, 7) is 0.792. The number of aromatic nitrogens is 4. The number of H-pyrrole nitrogens is 1. The van der Waals surface area contributed by atoms with Crippen molar-refractivity contribution in [2.75, 3.05) is 5.32 Å². The molecule has 3 aromatic heterocycles. The number of halogens is 1. The molecule has 4 aromatic rings. The molecule has 9 heteroatoms. The summed E-state index contributed by atoms with van der Waals surface area (Å²) < 4.78 is 1.50. The van der Waals surface area contributed by atoms with Gasteiger partial charge in [-0.3, -0.25) is 19.1 Å². The Morgan fingerprint density at radius 3 is 2.89 bits per heavy atom. The Hall–Kier alpha value is -3.65. The smallest absolute Gasteiger partial charge is 0.294 e. The lowest BCUT2D eigenvalue weighted by Crippen LogP contribution is -2.36. The second-order valence-electron chi connectivity index (χ2n) is 9.28. The van der Waals surface area contributed by atoms with Gasteiger partial charge in [0.25, 0.3) is 5.56 Å². The minimum Gasteiger partial charge on any atom is -0.361 e. The zero-order valence-corrected chi connectivity index (χ0v) is 19.8. The van der Waals surface area contributed by atoms with Crippen molar-refractivity contribution in [2.24, 2.45) is 0 Å². The van der Waals surface area contributed by atoms with Gasteiger partial charge in [0, 0.05) is 35.5 Å². The highest BCUT2D eigenvalue weighted by Gasteiger charge is 2.32. The molecule has 1 unspecified atom stereocenters. The second kappa shape index (κ2) is 8.85.